The van der Waals surface area contributed by atoms with Gasteiger partial charge in [-0.1, -0.05) is 81.4 Å². The summed E-state index contributed by atoms with van der Waals surface area (Å²) in [6, 6.07) is 27.2. The smallest absolute Gasteiger partial charge is 0.421 e. The summed E-state index contributed by atoms with van der Waals surface area (Å²) < 4.78 is 35.0. The standard InChI is InChI=1S/C37H39N5O6S/c1-4-10-34-40-32-20-19-29(39-36(44)38-28-11-6-5-7-12-28)23-31(32)35(43)42(34)24-26-15-17-27(18-16-26)30-13-8-9-14-33(30)49(46,47)41-37(45)48-22-21-25(2)3/h5-9,11-20,23,25H,4,10,21-22,24H2,1-3H3,(H,41,45)(H2,38,39,44). The highest BCUT2D eigenvalue weighted by Crippen LogP contribution is 2.28. The van der Waals surface area contributed by atoms with E-state index in [4.69, 9.17) is 9.72 Å². The number of nitrogens with one attached hydrogen (secondary N) is 3. The number of urea groups is 1. The van der Waals surface area contributed by atoms with Crippen LogP contribution < -0.4 is 20.9 Å². The fourth-order valence-corrected chi connectivity index (χ4v) is 6.35. The second-order valence-corrected chi connectivity index (χ2v) is 13.6. The van der Waals surface area contributed by atoms with Gasteiger partial charge in [0.15, 0.2) is 0 Å². The molecule has 1 aromatic heterocycles. The highest BCUT2D eigenvalue weighted by molar-refractivity contribution is 7.90. The van der Waals surface area contributed by atoms with Gasteiger partial charge in [-0.15, -0.1) is 0 Å². The summed E-state index contributed by atoms with van der Waals surface area (Å²) in [6.07, 6.45) is 0.951. The normalized spacial score (nSPS) is 11.3. The summed E-state index contributed by atoms with van der Waals surface area (Å²) in [5.74, 6) is 0.937. The monoisotopic (exact) mass is 681 g/mol. The zero-order chi connectivity index (χ0) is 35.0. The van der Waals surface area contributed by atoms with Gasteiger partial charge in [0.05, 0.1) is 29.0 Å². The van der Waals surface area contributed by atoms with Crippen LogP contribution in [0.3, 0.4) is 0 Å². The lowest BCUT2D eigenvalue weighted by atomic mass is 10.0. The molecular weight excluding hydrogens is 643 g/mol. The molecule has 0 unspecified atom stereocenters. The van der Waals surface area contributed by atoms with E-state index < -0.39 is 22.1 Å². The van der Waals surface area contributed by atoms with Gasteiger partial charge in [-0.25, -0.2) is 27.7 Å². The van der Waals surface area contributed by atoms with E-state index in [0.29, 0.717) is 58.0 Å². The van der Waals surface area contributed by atoms with Crippen molar-refractivity contribution in [1.82, 2.24) is 14.3 Å². The number of rotatable bonds is 12. The number of sulfonamides is 1. The largest absolute Gasteiger partial charge is 0.449 e. The molecular formula is C37H39N5O6S. The first-order valence-corrected chi connectivity index (χ1v) is 17.6. The number of fused-ring (bicyclic) bond motifs is 1. The van der Waals surface area contributed by atoms with Gasteiger partial charge < -0.3 is 15.4 Å². The molecule has 0 fully saturated rings. The topological polar surface area (TPSA) is 148 Å². The Bertz CT molecular complexity index is 2110. The maximum atomic E-state index is 13.9. The Labute approximate surface area is 285 Å². The minimum Gasteiger partial charge on any atom is -0.449 e. The van der Waals surface area contributed by atoms with E-state index in [1.54, 1.807) is 65.2 Å². The zero-order valence-electron chi connectivity index (χ0n) is 27.6. The first-order chi connectivity index (χ1) is 23.5. The first-order valence-electron chi connectivity index (χ1n) is 16.1. The summed E-state index contributed by atoms with van der Waals surface area (Å²) in [7, 11) is -4.22. The molecule has 5 rings (SSSR count). The van der Waals surface area contributed by atoms with Crippen LogP contribution in [0.1, 0.15) is 45.0 Å². The minimum atomic E-state index is -4.22. The molecule has 3 N–H and O–H groups in total. The number of hydrogen-bond donors (Lipinski definition) is 3. The molecule has 12 heteroatoms. The third-order valence-corrected chi connectivity index (χ3v) is 9.10. The van der Waals surface area contributed by atoms with Crippen LogP contribution in [0.25, 0.3) is 22.0 Å². The van der Waals surface area contributed by atoms with Crippen LogP contribution in [0, 0.1) is 5.92 Å². The number of para-hydroxylation sites is 1. The predicted molar refractivity (Wildman–Crippen MR) is 191 cm³/mol. The number of nitrogens with zero attached hydrogens (tertiary/aromatic N) is 2. The first kappa shape index (κ1) is 34.8. The number of aryl methyl sites for hydroxylation is 1. The average Bonchev–Trinajstić information content (AvgIpc) is 3.07. The molecule has 4 aromatic carbocycles. The van der Waals surface area contributed by atoms with Crippen molar-refractivity contribution in [2.45, 2.75) is 51.5 Å². The van der Waals surface area contributed by atoms with E-state index in [-0.39, 0.29) is 23.6 Å². The highest BCUT2D eigenvalue weighted by Gasteiger charge is 2.23. The second-order valence-electron chi connectivity index (χ2n) is 12.0. The van der Waals surface area contributed by atoms with Crippen molar-refractivity contribution in [3.63, 3.8) is 0 Å². The molecule has 11 nitrogen and oxygen atoms in total. The molecule has 254 valence electrons. The molecule has 0 saturated heterocycles. The lowest BCUT2D eigenvalue weighted by Crippen LogP contribution is -2.31. The zero-order valence-corrected chi connectivity index (χ0v) is 28.4. The van der Waals surface area contributed by atoms with Crippen LogP contribution in [-0.2, 0) is 27.7 Å². The molecule has 0 saturated carbocycles. The van der Waals surface area contributed by atoms with Crippen molar-refractivity contribution in [3.8, 4) is 11.1 Å². The van der Waals surface area contributed by atoms with Gasteiger partial charge in [-0.3, -0.25) is 9.36 Å². The fraction of sp³-hybridized carbons (Fsp3) is 0.243. The molecule has 5 aromatic rings. The maximum Gasteiger partial charge on any atom is 0.421 e. The number of hydrogen-bond acceptors (Lipinski definition) is 7. The summed E-state index contributed by atoms with van der Waals surface area (Å²) in [4.78, 5) is 43.4. The van der Waals surface area contributed by atoms with E-state index in [1.807, 2.05) is 55.8 Å². The molecule has 0 aliphatic rings. The molecule has 0 aliphatic heterocycles. The Morgan fingerprint density at radius 2 is 1.57 bits per heavy atom. The van der Waals surface area contributed by atoms with E-state index in [9.17, 15) is 22.8 Å². The number of amides is 3. The SMILES string of the molecule is CCCc1nc2ccc(NC(=O)Nc3ccccc3)cc2c(=O)n1Cc1ccc(-c2ccccc2S(=O)(=O)NC(=O)OCCC(C)C)cc1. The number of anilines is 2. The summed E-state index contributed by atoms with van der Waals surface area (Å²) in [5, 5.41) is 5.91. The molecule has 0 bridgehead atoms. The molecule has 3 amide bonds. The third kappa shape index (κ3) is 8.90. The summed E-state index contributed by atoms with van der Waals surface area (Å²) >= 11 is 0. The van der Waals surface area contributed by atoms with Gasteiger partial charge in [-0.2, -0.15) is 0 Å². The molecule has 0 spiro atoms. The Hall–Kier alpha value is -5.49. The van der Waals surface area contributed by atoms with Crippen molar-refractivity contribution in [2.75, 3.05) is 17.2 Å². The van der Waals surface area contributed by atoms with Gasteiger partial charge in [0.25, 0.3) is 15.6 Å². The maximum absolute atomic E-state index is 13.9. The Balaban J connectivity index is 1.38. The number of ether oxygens (including phenoxy) is 1. The third-order valence-electron chi connectivity index (χ3n) is 7.72. The number of carbonyl (C=O) groups excluding carboxylic acids is 2. The van der Waals surface area contributed by atoms with Gasteiger partial charge in [0, 0.05) is 23.4 Å². The van der Waals surface area contributed by atoms with Gasteiger partial charge in [-0.05, 0) is 66.3 Å². The fourth-order valence-electron chi connectivity index (χ4n) is 5.23. The van der Waals surface area contributed by atoms with Crippen molar-refractivity contribution < 1.29 is 22.7 Å². The van der Waals surface area contributed by atoms with Crippen molar-refractivity contribution in [1.29, 1.82) is 0 Å². The van der Waals surface area contributed by atoms with Crippen LogP contribution in [0.15, 0.2) is 107 Å². The molecule has 0 aliphatic carbocycles. The van der Waals surface area contributed by atoms with Crippen molar-refractivity contribution >= 4 is 44.4 Å². The second kappa shape index (κ2) is 15.6. The van der Waals surface area contributed by atoms with Gasteiger partial charge in [0.2, 0.25) is 0 Å². The van der Waals surface area contributed by atoms with Crippen LogP contribution in [0.5, 0.6) is 0 Å². The predicted octanol–water partition coefficient (Wildman–Crippen LogP) is 7.17. The molecule has 0 radical (unpaired) electrons. The van der Waals surface area contributed by atoms with E-state index in [0.717, 1.165) is 12.0 Å². The molecule has 49 heavy (non-hydrogen) atoms. The van der Waals surface area contributed by atoms with Gasteiger partial charge >= 0.3 is 12.1 Å². The lowest BCUT2D eigenvalue weighted by Gasteiger charge is -2.15. The van der Waals surface area contributed by atoms with Crippen LogP contribution in [0.4, 0.5) is 21.0 Å². The minimum absolute atomic E-state index is 0.0643. The van der Waals surface area contributed by atoms with Crippen LogP contribution >= 0.6 is 0 Å². The van der Waals surface area contributed by atoms with Gasteiger partial charge in [0.1, 0.15) is 5.82 Å². The lowest BCUT2D eigenvalue weighted by molar-refractivity contribution is 0.146. The summed E-state index contributed by atoms with van der Waals surface area (Å²) in [6.45, 7) is 6.31. The Morgan fingerprint density at radius 3 is 2.29 bits per heavy atom. The van der Waals surface area contributed by atoms with E-state index >= 15 is 0 Å². The molecule has 0 atom stereocenters. The number of benzene rings is 4. The van der Waals surface area contributed by atoms with E-state index in [1.165, 1.54) is 6.07 Å². The quantitative estimate of drug-likeness (QED) is 0.126. The summed E-state index contributed by atoms with van der Waals surface area (Å²) in [5.41, 5.74) is 3.19. The van der Waals surface area contributed by atoms with Crippen LogP contribution in [-0.4, -0.2) is 36.7 Å². The van der Waals surface area contributed by atoms with E-state index in [2.05, 4.69) is 10.6 Å². The Morgan fingerprint density at radius 1 is 0.878 bits per heavy atom. The number of carbonyl (C=O) groups is 2. The van der Waals surface area contributed by atoms with Crippen molar-refractivity contribution in [2.24, 2.45) is 5.92 Å². The van der Waals surface area contributed by atoms with Crippen molar-refractivity contribution in [3.05, 3.63) is 119 Å². The Kier molecular flexibility index (Phi) is 11.1. The number of aromatic nitrogens is 2. The molecule has 1 heterocycles. The highest BCUT2D eigenvalue weighted by atomic mass is 32.2. The van der Waals surface area contributed by atoms with Crippen LogP contribution in [0.2, 0.25) is 0 Å². The average molecular weight is 682 g/mol.